The molecule has 0 unspecified atom stereocenters. The van der Waals surface area contributed by atoms with E-state index in [0.717, 1.165) is 0 Å². The van der Waals surface area contributed by atoms with Crippen molar-refractivity contribution >= 4 is 35.0 Å². The summed E-state index contributed by atoms with van der Waals surface area (Å²) >= 11 is 6.18. The van der Waals surface area contributed by atoms with E-state index in [2.05, 4.69) is 20.6 Å². The summed E-state index contributed by atoms with van der Waals surface area (Å²) in [6.07, 6.45) is 4.51. The first-order valence-corrected chi connectivity index (χ1v) is 11.6. The van der Waals surface area contributed by atoms with Crippen LogP contribution >= 0.6 is 11.6 Å². The van der Waals surface area contributed by atoms with E-state index in [-0.39, 0.29) is 28.4 Å². The average molecular weight is 492 g/mol. The molecule has 1 aliphatic heterocycles. The fourth-order valence-corrected chi connectivity index (χ4v) is 5.05. The number of nitrogens with one attached hydrogen (secondary N) is 3. The van der Waals surface area contributed by atoms with Crippen molar-refractivity contribution in [3.63, 3.8) is 0 Å². The molecule has 0 radical (unpaired) electrons. The molecule has 2 fully saturated rings. The third kappa shape index (κ3) is 4.78. The monoisotopic (exact) mass is 491 g/mol. The van der Waals surface area contributed by atoms with Gasteiger partial charge in [0, 0.05) is 26.2 Å². The molecule has 1 aliphatic carbocycles. The quantitative estimate of drug-likeness (QED) is 0.515. The smallest absolute Gasteiger partial charge is 0.272 e. The Bertz CT molecular complexity index is 1080. The second kappa shape index (κ2) is 10.1. The highest BCUT2D eigenvalue weighted by molar-refractivity contribution is 6.34. The molecule has 1 saturated carbocycles. The molecule has 2 heterocycles. The van der Waals surface area contributed by atoms with Gasteiger partial charge in [-0.25, -0.2) is 9.37 Å². The number of methoxy groups -OCH3 is 1. The second-order valence-corrected chi connectivity index (χ2v) is 9.11. The van der Waals surface area contributed by atoms with Crippen molar-refractivity contribution in [2.75, 3.05) is 31.7 Å². The molecule has 4 rings (SSSR count). The highest BCUT2D eigenvalue weighted by atomic mass is 35.5. The van der Waals surface area contributed by atoms with E-state index in [4.69, 9.17) is 16.3 Å². The van der Waals surface area contributed by atoms with Crippen LogP contribution in [0.2, 0.25) is 5.02 Å². The SMILES string of the molecule is COCCNC(=O)c1nc[nH]c1C(=O)N[C@H]1CC[C@@]2(CCN(c3ccc(F)cc3Cl)C2=O)CC1. The number of rotatable bonds is 7. The van der Waals surface area contributed by atoms with Crippen LogP contribution < -0.4 is 15.5 Å². The largest absolute Gasteiger partial charge is 0.383 e. The average Bonchev–Trinajstić information content (AvgIpc) is 3.42. The molecule has 3 amide bonds. The number of imidazole rings is 1. The van der Waals surface area contributed by atoms with Gasteiger partial charge < -0.3 is 25.3 Å². The molecule has 0 atom stereocenters. The minimum absolute atomic E-state index is 0.00521. The third-order valence-corrected chi connectivity index (χ3v) is 6.97. The summed E-state index contributed by atoms with van der Waals surface area (Å²) in [4.78, 5) is 46.7. The standard InChI is InChI=1S/C23H27ClFN5O4/c1-34-11-9-26-20(31)18-19(28-13-27-18)21(32)29-15-4-6-23(7-5-15)8-10-30(22(23)33)17-3-2-14(25)12-16(17)24/h2-3,12-13,15H,4-11H2,1H3,(H,26,31)(H,27,28)(H,29,32)/t15-,23-. The molecular formula is C23H27ClFN5O4. The Balaban J connectivity index is 1.35. The predicted octanol–water partition coefficient (Wildman–Crippen LogP) is 2.67. The lowest BCUT2D eigenvalue weighted by molar-refractivity contribution is -0.127. The molecule has 2 aromatic rings. The van der Waals surface area contributed by atoms with Crippen molar-refractivity contribution in [2.24, 2.45) is 5.41 Å². The fraction of sp³-hybridized carbons (Fsp3) is 0.478. The lowest BCUT2D eigenvalue weighted by Gasteiger charge is -2.36. The number of carbonyl (C=O) groups excluding carboxylic acids is 3. The van der Waals surface area contributed by atoms with Crippen molar-refractivity contribution in [2.45, 2.75) is 38.1 Å². The van der Waals surface area contributed by atoms with Gasteiger partial charge in [0.25, 0.3) is 11.8 Å². The Morgan fingerprint density at radius 1 is 1.29 bits per heavy atom. The van der Waals surface area contributed by atoms with Crippen molar-refractivity contribution in [1.29, 1.82) is 0 Å². The molecule has 1 aromatic carbocycles. The molecule has 1 aromatic heterocycles. The minimum Gasteiger partial charge on any atom is -0.383 e. The number of hydrogen-bond donors (Lipinski definition) is 3. The summed E-state index contributed by atoms with van der Waals surface area (Å²) in [5, 5.41) is 5.82. The first-order valence-electron chi connectivity index (χ1n) is 11.2. The van der Waals surface area contributed by atoms with E-state index in [0.29, 0.717) is 57.5 Å². The van der Waals surface area contributed by atoms with E-state index in [1.807, 2.05) is 0 Å². The summed E-state index contributed by atoms with van der Waals surface area (Å²) in [5.41, 5.74) is 0.151. The van der Waals surface area contributed by atoms with Gasteiger partial charge >= 0.3 is 0 Å². The summed E-state index contributed by atoms with van der Waals surface area (Å²) in [6, 6.07) is 3.92. The Morgan fingerprint density at radius 3 is 2.76 bits per heavy atom. The van der Waals surface area contributed by atoms with Gasteiger partial charge in [-0.3, -0.25) is 14.4 Å². The number of H-pyrrole nitrogens is 1. The van der Waals surface area contributed by atoms with E-state index >= 15 is 0 Å². The molecule has 3 N–H and O–H groups in total. The number of aromatic nitrogens is 2. The van der Waals surface area contributed by atoms with E-state index in [1.54, 1.807) is 4.90 Å². The third-order valence-electron chi connectivity index (χ3n) is 6.66. The number of aromatic amines is 1. The number of nitrogens with zero attached hydrogens (tertiary/aromatic N) is 2. The normalized spacial score (nSPS) is 22.3. The minimum atomic E-state index is -0.501. The first kappa shape index (κ1) is 24.2. The van der Waals surface area contributed by atoms with Crippen LogP contribution in [-0.4, -0.2) is 60.5 Å². The lowest BCUT2D eigenvalue weighted by Crippen LogP contribution is -2.44. The van der Waals surface area contributed by atoms with Gasteiger partial charge in [0.1, 0.15) is 11.5 Å². The van der Waals surface area contributed by atoms with Crippen LogP contribution in [0.15, 0.2) is 24.5 Å². The van der Waals surface area contributed by atoms with E-state index in [1.165, 1.54) is 31.6 Å². The van der Waals surface area contributed by atoms with Gasteiger partial charge in [0.2, 0.25) is 5.91 Å². The van der Waals surface area contributed by atoms with Crippen LogP contribution in [0.5, 0.6) is 0 Å². The summed E-state index contributed by atoms with van der Waals surface area (Å²) < 4.78 is 18.3. The van der Waals surface area contributed by atoms with Crippen LogP contribution in [0.3, 0.4) is 0 Å². The number of anilines is 1. The second-order valence-electron chi connectivity index (χ2n) is 8.71. The molecular weight excluding hydrogens is 465 g/mol. The number of carbonyl (C=O) groups is 3. The zero-order valence-corrected chi connectivity index (χ0v) is 19.6. The van der Waals surface area contributed by atoms with Gasteiger partial charge in [-0.05, 0) is 50.3 Å². The number of benzene rings is 1. The van der Waals surface area contributed by atoms with Crippen molar-refractivity contribution in [3.8, 4) is 0 Å². The fourth-order valence-electron chi connectivity index (χ4n) is 4.78. The maximum absolute atomic E-state index is 13.4. The lowest BCUT2D eigenvalue weighted by atomic mass is 9.71. The molecule has 0 bridgehead atoms. The number of hydrogen-bond acceptors (Lipinski definition) is 5. The van der Waals surface area contributed by atoms with Crippen molar-refractivity contribution < 1.29 is 23.5 Å². The molecule has 182 valence electrons. The van der Waals surface area contributed by atoms with Gasteiger partial charge in [0.15, 0.2) is 5.69 Å². The Kier molecular flexibility index (Phi) is 7.18. The van der Waals surface area contributed by atoms with Crippen molar-refractivity contribution in [1.82, 2.24) is 20.6 Å². The highest BCUT2D eigenvalue weighted by Gasteiger charge is 2.49. The summed E-state index contributed by atoms with van der Waals surface area (Å²) in [6.45, 7) is 1.18. The maximum Gasteiger partial charge on any atom is 0.272 e. The molecule has 1 saturated heterocycles. The Hall–Kier alpha value is -2.98. The van der Waals surface area contributed by atoms with Gasteiger partial charge in [-0.15, -0.1) is 0 Å². The van der Waals surface area contributed by atoms with Gasteiger partial charge in [-0.2, -0.15) is 0 Å². The van der Waals surface area contributed by atoms with E-state index in [9.17, 15) is 18.8 Å². The van der Waals surface area contributed by atoms with Crippen LogP contribution in [0, 0.1) is 11.2 Å². The summed E-state index contributed by atoms with van der Waals surface area (Å²) in [7, 11) is 1.53. The summed E-state index contributed by atoms with van der Waals surface area (Å²) in [5.74, 6) is -1.32. The van der Waals surface area contributed by atoms with Crippen LogP contribution in [-0.2, 0) is 9.53 Å². The van der Waals surface area contributed by atoms with Crippen LogP contribution in [0.1, 0.15) is 53.1 Å². The molecule has 2 aliphatic rings. The zero-order valence-electron chi connectivity index (χ0n) is 18.8. The van der Waals surface area contributed by atoms with Gasteiger partial charge in [-0.1, -0.05) is 11.6 Å². The topological polar surface area (TPSA) is 116 Å². The van der Waals surface area contributed by atoms with Crippen LogP contribution in [0.25, 0.3) is 0 Å². The number of amides is 3. The number of ether oxygens (including phenoxy) is 1. The molecule has 1 spiro atoms. The Labute approximate surface area is 201 Å². The van der Waals surface area contributed by atoms with Crippen LogP contribution in [0.4, 0.5) is 10.1 Å². The molecule has 34 heavy (non-hydrogen) atoms. The Morgan fingerprint density at radius 2 is 2.06 bits per heavy atom. The van der Waals surface area contributed by atoms with Gasteiger partial charge in [0.05, 0.1) is 29.1 Å². The van der Waals surface area contributed by atoms with E-state index < -0.39 is 23.0 Å². The number of halogens is 2. The highest BCUT2D eigenvalue weighted by Crippen LogP contribution is 2.47. The predicted molar refractivity (Wildman–Crippen MR) is 123 cm³/mol. The molecule has 9 nitrogen and oxygen atoms in total. The first-order chi connectivity index (χ1) is 16.3. The maximum atomic E-state index is 13.4. The van der Waals surface area contributed by atoms with Crippen molar-refractivity contribution in [3.05, 3.63) is 46.8 Å². The molecule has 11 heteroatoms. The zero-order chi connectivity index (χ0) is 24.3.